The van der Waals surface area contributed by atoms with Crippen molar-refractivity contribution < 1.29 is 5.11 Å². The van der Waals surface area contributed by atoms with Gasteiger partial charge in [-0.25, -0.2) is 4.98 Å². The summed E-state index contributed by atoms with van der Waals surface area (Å²) in [5, 5.41) is 11.1. The number of hydrogen-bond acceptors (Lipinski definition) is 3. The zero-order valence-electron chi connectivity index (χ0n) is 8.36. The van der Waals surface area contributed by atoms with E-state index in [1.54, 1.807) is 0 Å². The Hall–Kier alpha value is -0.410. The molecule has 0 aliphatic heterocycles. The molecular formula is C11H15NOS. The van der Waals surface area contributed by atoms with Crippen LogP contribution in [0.4, 0.5) is 0 Å². The number of aromatic nitrogens is 1. The normalized spacial score (nSPS) is 35.4. The van der Waals surface area contributed by atoms with Crippen molar-refractivity contribution in [1.29, 1.82) is 0 Å². The van der Waals surface area contributed by atoms with Gasteiger partial charge in [0.15, 0.2) is 0 Å². The maximum absolute atomic E-state index is 9.79. The van der Waals surface area contributed by atoms with Gasteiger partial charge in [0, 0.05) is 10.8 Å². The van der Waals surface area contributed by atoms with E-state index < -0.39 is 0 Å². The molecule has 0 bridgehead atoms. The first-order chi connectivity index (χ1) is 6.75. The van der Waals surface area contributed by atoms with Crippen molar-refractivity contribution >= 4 is 11.3 Å². The summed E-state index contributed by atoms with van der Waals surface area (Å²) in [5.74, 6) is 1.53. The lowest BCUT2D eigenvalue weighted by atomic mass is 10.0. The Bertz CT molecular complexity index is 360. The van der Waals surface area contributed by atoms with E-state index in [-0.39, 0.29) is 6.10 Å². The van der Waals surface area contributed by atoms with Crippen molar-refractivity contribution in [2.75, 3.05) is 0 Å². The molecule has 3 unspecified atom stereocenters. The third-order valence-electron chi connectivity index (χ3n) is 3.37. The average Bonchev–Trinajstić information content (AvgIpc) is 2.75. The molecule has 2 aliphatic carbocycles. The largest absolute Gasteiger partial charge is 0.387 e. The van der Waals surface area contributed by atoms with Crippen LogP contribution < -0.4 is 0 Å². The topological polar surface area (TPSA) is 33.1 Å². The number of aliphatic hydroxyl groups is 1. The van der Waals surface area contributed by atoms with Crippen LogP contribution in [0.5, 0.6) is 0 Å². The molecule has 3 heteroatoms. The van der Waals surface area contributed by atoms with Crippen molar-refractivity contribution in [3.8, 4) is 0 Å². The van der Waals surface area contributed by atoms with Gasteiger partial charge in [-0.05, 0) is 31.6 Å². The Labute approximate surface area is 88.0 Å². The van der Waals surface area contributed by atoms with Crippen molar-refractivity contribution in [3.63, 3.8) is 0 Å². The number of nitrogens with zero attached hydrogens (tertiary/aromatic N) is 1. The zero-order valence-corrected chi connectivity index (χ0v) is 9.18. The van der Waals surface area contributed by atoms with Gasteiger partial charge in [-0.15, -0.1) is 11.3 Å². The van der Waals surface area contributed by atoms with E-state index in [0.29, 0.717) is 5.92 Å². The second kappa shape index (κ2) is 3.04. The molecule has 1 fully saturated rings. The van der Waals surface area contributed by atoms with Crippen LogP contribution in [0.25, 0.3) is 0 Å². The van der Waals surface area contributed by atoms with Gasteiger partial charge < -0.3 is 5.11 Å². The van der Waals surface area contributed by atoms with Gasteiger partial charge in [0.2, 0.25) is 0 Å². The van der Waals surface area contributed by atoms with Crippen LogP contribution in [0, 0.1) is 5.92 Å². The number of aliphatic hydroxyl groups excluding tert-OH is 1. The SMILES string of the molecule is CC1CC1c1nc2c(s1)CCCC2O. The lowest BCUT2D eigenvalue weighted by molar-refractivity contribution is 0.153. The zero-order chi connectivity index (χ0) is 9.71. The highest BCUT2D eigenvalue weighted by Crippen LogP contribution is 2.49. The fourth-order valence-corrected chi connectivity index (χ4v) is 3.65. The Morgan fingerprint density at radius 1 is 1.50 bits per heavy atom. The summed E-state index contributed by atoms with van der Waals surface area (Å²) >= 11 is 1.84. The quantitative estimate of drug-likeness (QED) is 0.771. The highest BCUT2D eigenvalue weighted by molar-refractivity contribution is 7.11. The molecule has 3 rings (SSSR count). The van der Waals surface area contributed by atoms with E-state index in [9.17, 15) is 5.11 Å². The fourth-order valence-electron chi connectivity index (χ4n) is 2.24. The van der Waals surface area contributed by atoms with Crippen molar-refractivity contribution in [2.45, 2.75) is 44.6 Å². The molecule has 2 nitrogen and oxygen atoms in total. The predicted molar refractivity (Wildman–Crippen MR) is 56.5 cm³/mol. The fraction of sp³-hybridized carbons (Fsp3) is 0.727. The van der Waals surface area contributed by atoms with Crippen LogP contribution in [0.1, 0.15) is 53.8 Å². The molecule has 0 aromatic carbocycles. The van der Waals surface area contributed by atoms with Crippen molar-refractivity contribution in [1.82, 2.24) is 4.98 Å². The Balaban J connectivity index is 1.94. The molecule has 1 aromatic heterocycles. The minimum Gasteiger partial charge on any atom is -0.387 e. The molecule has 0 radical (unpaired) electrons. The van der Waals surface area contributed by atoms with Crippen LogP contribution >= 0.6 is 11.3 Å². The summed E-state index contributed by atoms with van der Waals surface area (Å²) in [4.78, 5) is 5.96. The minimum absolute atomic E-state index is 0.280. The van der Waals surface area contributed by atoms with E-state index in [2.05, 4.69) is 11.9 Å². The van der Waals surface area contributed by atoms with Gasteiger partial charge in [0.05, 0.1) is 16.8 Å². The third kappa shape index (κ3) is 1.30. The van der Waals surface area contributed by atoms with E-state index >= 15 is 0 Å². The van der Waals surface area contributed by atoms with Crippen LogP contribution in [-0.4, -0.2) is 10.1 Å². The minimum atomic E-state index is -0.280. The second-order valence-electron chi connectivity index (χ2n) is 4.59. The number of hydrogen-bond donors (Lipinski definition) is 1. The summed E-state index contributed by atoms with van der Waals surface area (Å²) < 4.78 is 0. The number of aryl methyl sites for hydroxylation is 1. The summed E-state index contributed by atoms with van der Waals surface area (Å²) in [7, 11) is 0. The molecule has 2 aliphatic rings. The lowest BCUT2D eigenvalue weighted by Crippen LogP contribution is -2.07. The summed E-state index contributed by atoms with van der Waals surface area (Å²) in [6.45, 7) is 2.28. The second-order valence-corrected chi connectivity index (χ2v) is 5.70. The summed E-state index contributed by atoms with van der Waals surface area (Å²) in [5.41, 5.74) is 0.996. The van der Waals surface area contributed by atoms with Gasteiger partial charge in [0.1, 0.15) is 0 Å². The van der Waals surface area contributed by atoms with Crippen LogP contribution in [0.3, 0.4) is 0 Å². The van der Waals surface area contributed by atoms with E-state index in [4.69, 9.17) is 0 Å². The number of fused-ring (bicyclic) bond motifs is 1. The molecular weight excluding hydrogens is 194 g/mol. The molecule has 0 amide bonds. The number of rotatable bonds is 1. The Morgan fingerprint density at radius 3 is 2.93 bits per heavy atom. The first-order valence-electron chi connectivity index (χ1n) is 5.43. The summed E-state index contributed by atoms with van der Waals surface area (Å²) in [6, 6.07) is 0. The molecule has 0 spiro atoms. The van der Waals surface area contributed by atoms with Gasteiger partial charge in [-0.1, -0.05) is 6.92 Å². The first-order valence-corrected chi connectivity index (χ1v) is 6.25. The molecule has 3 atom stereocenters. The van der Waals surface area contributed by atoms with Gasteiger partial charge in [-0.3, -0.25) is 0 Å². The highest BCUT2D eigenvalue weighted by atomic mass is 32.1. The molecule has 14 heavy (non-hydrogen) atoms. The maximum Gasteiger partial charge on any atom is 0.0971 e. The molecule has 1 aromatic rings. The highest BCUT2D eigenvalue weighted by Gasteiger charge is 2.38. The standard InChI is InChI=1S/C11H15NOS/c1-6-5-7(6)11-12-10-8(13)3-2-4-9(10)14-11/h6-8,13H,2-5H2,1H3. The van der Waals surface area contributed by atoms with Crippen molar-refractivity contribution in [3.05, 3.63) is 15.6 Å². The van der Waals surface area contributed by atoms with E-state index in [1.807, 2.05) is 11.3 Å². The maximum atomic E-state index is 9.79. The predicted octanol–water partition coefficient (Wildman–Crippen LogP) is 2.64. The van der Waals surface area contributed by atoms with Gasteiger partial charge in [0.25, 0.3) is 0 Å². The van der Waals surface area contributed by atoms with E-state index in [0.717, 1.165) is 30.9 Å². The van der Waals surface area contributed by atoms with Gasteiger partial charge in [-0.2, -0.15) is 0 Å². The molecule has 1 heterocycles. The van der Waals surface area contributed by atoms with Crippen LogP contribution in [0.2, 0.25) is 0 Å². The first kappa shape index (κ1) is 8.86. The average molecular weight is 209 g/mol. The van der Waals surface area contributed by atoms with E-state index in [1.165, 1.54) is 16.3 Å². The smallest absolute Gasteiger partial charge is 0.0971 e. The molecule has 0 saturated heterocycles. The molecule has 1 saturated carbocycles. The molecule has 76 valence electrons. The lowest BCUT2D eigenvalue weighted by Gasteiger charge is -2.14. The van der Waals surface area contributed by atoms with Crippen molar-refractivity contribution in [2.24, 2.45) is 5.92 Å². The Morgan fingerprint density at radius 2 is 2.29 bits per heavy atom. The monoisotopic (exact) mass is 209 g/mol. The van der Waals surface area contributed by atoms with Gasteiger partial charge >= 0.3 is 0 Å². The summed E-state index contributed by atoms with van der Waals surface area (Å²) in [6.07, 6.45) is 4.16. The van der Waals surface area contributed by atoms with Crippen LogP contribution in [-0.2, 0) is 6.42 Å². The Kier molecular flexibility index (Phi) is 1.92. The molecule has 1 N–H and O–H groups in total. The van der Waals surface area contributed by atoms with Crippen LogP contribution in [0.15, 0.2) is 0 Å². The third-order valence-corrected chi connectivity index (χ3v) is 4.63. The number of thiazole rings is 1.